The highest BCUT2D eigenvalue weighted by Gasteiger charge is 2.44. The number of carbonyl (C=O) groups is 2. The zero-order chi connectivity index (χ0) is 15.6. The highest BCUT2D eigenvalue weighted by molar-refractivity contribution is 5.91. The fraction of sp³-hybridized carbons (Fsp3) is 0.529. The molecule has 4 nitrogen and oxygen atoms in total. The van der Waals surface area contributed by atoms with Gasteiger partial charge in [0.15, 0.2) is 0 Å². The van der Waals surface area contributed by atoms with Crippen molar-refractivity contribution in [1.29, 1.82) is 0 Å². The van der Waals surface area contributed by atoms with Gasteiger partial charge in [-0.2, -0.15) is 0 Å². The van der Waals surface area contributed by atoms with E-state index in [4.69, 9.17) is 9.47 Å². The summed E-state index contributed by atoms with van der Waals surface area (Å²) in [4.78, 5) is 23.2. The number of rotatable bonds is 1. The van der Waals surface area contributed by atoms with Crippen LogP contribution in [-0.2, 0) is 19.1 Å². The molecule has 0 aromatic rings. The van der Waals surface area contributed by atoms with Gasteiger partial charge < -0.3 is 9.47 Å². The molecule has 2 rings (SSSR count). The van der Waals surface area contributed by atoms with Gasteiger partial charge in [0.2, 0.25) is 0 Å². The van der Waals surface area contributed by atoms with E-state index >= 15 is 0 Å². The maximum atomic E-state index is 11.9. The maximum Gasteiger partial charge on any atom is 0.334 e. The SMILES string of the molecule is C=C1C(=O)O[C@@H]2/C=C(/C)CC/C=C(/C)C[C@@H](OC(C)=O)[C@H]12. The lowest BCUT2D eigenvalue weighted by molar-refractivity contribution is -0.149. The second-order valence-electron chi connectivity index (χ2n) is 5.88. The topological polar surface area (TPSA) is 52.6 Å². The molecule has 21 heavy (non-hydrogen) atoms. The lowest BCUT2D eigenvalue weighted by atomic mass is 9.85. The van der Waals surface area contributed by atoms with Crippen LogP contribution in [0.15, 0.2) is 35.5 Å². The van der Waals surface area contributed by atoms with Gasteiger partial charge in [0, 0.05) is 18.9 Å². The minimum atomic E-state index is -0.412. The second-order valence-corrected chi connectivity index (χ2v) is 5.88. The van der Waals surface area contributed by atoms with Crippen LogP contribution in [0, 0.1) is 5.92 Å². The molecule has 0 spiro atoms. The molecule has 1 saturated heterocycles. The molecule has 0 aromatic carbocycles. The molecule has 3 atom stereocenters. The molecule has 0 aromatic heterocycles. The summed E-state index contributed by atoms with van der Waals surface area (Å²) >= 11 is 0. The molecule has 4 heteroatoms. The van der Waals surface area contributed by atoms with Crippen molar-refractivity contribution in [2.24, 2.45) is 5.92 Å². The third-order valence-corrected chi connectivity index (χ3v) is 3.98. The number of carbonyl (C=O) groups excluding carboxylic acids is 2. The monoisotopic (exact) mass is 290 g/mol. The van der Waals surface area contributed by atoms with Gasteiger partial charge in [-0.15, -0.1) is 0 Å². The quantitative estimate of drug-likeness (QED) is 0.423. The Kier molecular flexibility index (Phi) is 4.66. The predicted octanol–water partition coefficient (Wildman–Crippen LogP) is 3.09. The summed E-state index contributed by atoms with van der Waals surface area (Å²) in [5, 5.41) is 0. The van der Waals surface area contributed by atoms with Crippen LogP contribution in [0.3, 0.4) is 0 Å². The Labute approximate surface area is 125 Å². The average Bonchev–Trinajstić information content (AvgIpc) is 2.62. The molecule has 1 fully saturated rings. The van der Waals surface area contributed by atoms with E-state index < -0.39 is 12.1 Å². The normalized spacial score (nSPS) is 34.9. The highest BCUT2D eigenvalue weighted by Crippen LogP contribution is 2.36. The number of ether oxygens (including phenoxy) is 2. The van der Waals surface area contributed by atoms with Crippen LogP contribution in [-0.4, -0.2) is 24.1 Å². The van der Waals surface area contributed by atoms with E-state index in [1.54, 1.807) is 0 Å². The molecule has 0 bridgehead atoms. The molecule has 0 unspecified atom stereocenters. The van der Waals surface area contributed by atoms with Gasteiger partial charge in [0.25, 0.3) is 0 Å². The van der Waals surface area contributed by atoms with E-state index in [0.29, 0.717) is 12.0 Å². The van der Waals surface area contributed by atoms with E-state index in [2.05, 4.69) is 12.7 Å². The zero-order valence-electron chi connectivity index (χ0n) is 12.8. The molecule has 2 aliphatic rings. The minimum Gasteiger partial charge on any atom is -0.461 e. The van der Waals surface area contributed by atoms with E-state index in [0.717, 1.165) is 18.4 Å². The van der Waals surface area contributed by atoms with E-state index in [-0.39, 0.29) is 18.0 Å². The number of hydrogen-bond acceptors (Lipinski definition) is 4. The third-order valence-electron chi connectivity index (χ3n) is 3.98. The first-order valence-electron chi connectivity index (χ1n) is 7.28. The van der Waals surface area contributed by atoms with E-state index in [1.165, 1.54) is 12.5 Å². The van der Waals surface area contributed by atoms with Crippen LogP contribution in [0.4, 0.5) is 0 Å². The number of esters is 2. The zero-order valence-corrected chi connectivity index (χ0v) is 12.8. The van der Waals surface area contributed by atoms with Crippen LogP contribution < -0.4 is 0 Å². The van der Waals surface area contributed by atoms with Crippen LogP contribution in [0.2, 0.25) is 0 Å². The molecule has 1 aliphatic heterocycles. The Morgan fingerprint density at radius 3 is 2.76 bits per heavy atom. The number of allylic oxidation sites excluding steroid dienone is 2. The standard InChI is InChI=1S/C17H22O4/c1-10-6-5-7-11(2)9-15-16(12(3)17(19)21-15)14(8-10)20-13(4)18/h6,9,14-16H,3,5,7-8H2,1-2,4H3/b10-6-,11-9-/t14-,15-,16+/m1/s1. The summed E-state index contributed by atoms with van der Waals surface area (Å²) in [6, 6.07) is 0. The lowest BCUT2D eigenvalue weighted by Crippen LogP contribution is -2.32. The van der Waals surface area contributed by atoms with Crippen molar-refractivity contribution in [3.05, 3.63) is 35.5 Å². The van der Waals surface area contributed by atoms with Gasteiger partial charge >= 0.3 is 11.9 Å². The summed E-state index contributed by atoms with van der Waals surface area (Å²) in [7, 11) is 0. The van der Waals surface area contributed by atoms with Gasteiger partial charge in [-0.3, -0.25) is 4.79 Å². The number of fused-ring (bicyclic) bond motifs is 1. The summed E-state index contributed by atoms with van der Waals surface area (Å²) in [5.74, 6) is -1.05. The molecule has 0 radical (unpaired) electrons. The van der Waals surface area contributed by atoms with Crippen molar-refractivity contribution >= 4 is 11.9 Å². The lowest BCUT2D eigenvalue weighted by Gasteiger charge is -2.26. The summed E-state index contributed by atoms with van der Waals surface area (Å²) in [6.07, 6.45) is 5.80. The number of hydrogen-bond donors (Lipinski definition) is 0. The second kappa shape index (κ2) is 6.29. The van der Waals surface area contributed by atoms with Gasteiger partial charge in [-0.05, 0) is 32.8 Å². The van der Waals surface area contributed by atoms with Crippen molar-refractivity contribution in [3.63, 3.8) is 0 Å². The molecule has 0 N–H and O–H groups in total. The van der Waals surface area contributed by atoms with Crippen molar-refractivity contribution in [2.45, 2.75) is 52.2 Å². The van der Waals surface area contributed by atoms with Crippen molar-refractivity contribution < 1.29 is 19.1 Å². The van der Waals surface area contributed by atoms with Crippen LogP contribution >= 0.6 is 0 Å². The van der Waals surface area contributed by atoms with Gasteiger partial charge in [0.05, 0.1) is 5.92 Å². The maximum absolute atomic E-state index is 11.9. The molecular weight excluding hydrogens is 268 g/mol. The minimum absolute atomic E-state index is 0.308. The average molecular weight is 290 g/mol. The first-order valence-corrected chi connectivity index (χ1v) is 7.28. The third kappa shape index (κ3) is 3.63. The van der Waals surface area contributed by atoms with E-state index in [1.807, 2.05) is 19.9 Å². The Hall–Kier alpha value is -1.84. The molecule has 0 saturated carbocycles. The fourth-order valence-electron chi connectivity index (χ4n) is 2.95. The molecule has 1 aliphatic carbocycles. The van der Waals surface area contributed by atoms with Crippen LogP contribution in [0.25, 0.3) is 0 Å². The largest absolute Gasteiger partial charge is 0.461 e. The Morgan fingerprint density at radius 1 is 1.38 bits per heavy atom. The summed E-state index contributed by atoms with van der Waals surface area (Å²) < 4.78 is 10.9. The van der Waals surface area contributed by atoms with Crippen LogP contribution in [0.1, 0.15) is 40.0 Å². The first kappa shape index (κ1) is 15.5. The van der Waals surface area contributed by atoms with Crippen molar-refractivity contribution in [2.75, 3.05) is 0 Å². The van der Waals surface area contributed by atoms with Gasteiger partial charge in [-0.25, -0.2) is 4.79 Å². The Balaban J connectivity index is 2.39. The smallest absolute Gasteiger partial charge is 0.334 e. The predicted molar refractivity (Wildman–Crippen MR) is 79.4 cm³/mol. The van der Waals surface area contributed by atoms with Crippen molar-refractivity contribution in [1.82, 2.24) is 0 Å². The Morgan fingerprint density at radius 2 is 2.10 bits per heavy atom. The summed E-state index contributed by atoms with van der Waals surface area (Å²) in [5.41, 5.74) is 2.71. The highest BCUT2D eigenvalue weighted by atomic mass is 16.6. The molecular formula is C17H22O4. The van der Waals surface area contributed by atoms with Gasteiger partial charge in [-0.1, -0.05) is 23.8 Å². The molecule has 1 heterocycles. The molecule has 0 amide bonds. The summed E-state index contributed by atoms with van der Waals surface area (Å²) in [6.45, 7) is 9.27. The Bertz CT molecular complexity index is 527. The van der Waals surface area contributed by atoms with E-state index in [9.17, 15) is 9.59 Å². The first-order chi connectivity index (χ1) is 9.88. The van der Waals surface area contributed by atoms with Crippen molar-refractivity contribution in [3.8, 4) is 0 Å². The van der Waals surface area contributed by atoms with Crippen LogP contribution in [0.5, 0.6) is 0 Å². The molecule has 114 valence electrons. The van der Waals surface area contributed by atoms with Gasteiger partial charge in [0.1, 0.15) is 12.2 Å². The fourth-order valence-corrected chi connectivity index (χ4v) is 2.95.